The molecule has 6 heteroatoms. The Morgan fingerprint density at radius 2 is 1.92 bits per heavy atom. The molecule has 0 radical (unpaired) electrons. The first-order valence-corrected chi connectivity index (χ1v) is 8.80. The third kappa shape index (κ3) is 3.45. The maximum absolute atomic E-state index is 12.9. The fraction of sp³-hybridized carbons (Fsp3) is 0.400. The van der Waals surface area contributed by atoms with Gasteiger partial charge in [-0.3, -0.25) is 14.4 Å². The van der Waals surface area contributed by atoms with Gasteiger partial charge >= 0.3 is 0 Å². The van der Waals surface area contributed by atoms with Gasteiger partial charge in [0.15, 0.2) is 11.6 Å². The largest absolute Gasteiger partial charge is 0.349 e. The third-order valence-corrected chi connectivity index (χ3v) is 4.97. The Bertz CT molecular complexity index is 832. The summed E-state index contributed by atoms with van der Waals surface area (Å²) < 4.78 is 0. The SMILES string of the molecule is Cc1cc(C)c(C2C(=O)CC(CCNC(=O)c3ncc[nH]3)C2=O)c(C)c1. The second-order valence-corrected chi connectivity index (χ2v) is 7.00. The summed E-state index contributed by atoms with van der Waals surface area (Å²) >= 11 is 0. The summed E-state index contributed by atoms with van der Waals surface area (Å²) in [6.07, 6.45) is 3.78. The van der Waals surface area contributed by atoms with Crippen molar-refractivity contribution in [3.63, 3.8) is 0 Å². The van der Waals surface area contributed by atoms with Gasteiger partial charge in [0.1, 0.15) is 11.7 Å². The number of hydrogen-bond acceptors (Lipinski definition) is 4. The number of hydrogen-bond donors (Lipinski definition) is 2. The molecular weight excluding hydrogens is 330 g/mol. The zero-order valence-electron chi connectivity index (χ0n) is 15.3. The number of ketones is 2. The molecule has 0 spiro atoms. The Labute approximate surface area is 152 Å². The Hall–Kier alpha value is -2.76. The number of rotatable bonds is 5. The number of imidazole rings is 1. The lowest BCUT2D eigenvalue weighted by molar-refractivity contribution is -0.124. The van der Waals surface area contributed by atoms with Gasteiger partial charge in [-0.1, -0.05) is 17.7 Å². The van der Waals surface area contributed by atoms with Crippen LogP contribution in [0.3, 0.4) is 0 Å². The molecular formula is C20H23N3O3. The number of aromatic nitrogens is 2. The van der Waals surface area contributed by atoms with Crippen molar-refractivity contribution in [1.29, 1.82) is 0 Å². The number of Topliss-reactive ketones (excluding diaryl/α,β-unsaturated/α-hetero) is 2. The summed E-state index contributed by atoms with van der Waals surface area (Å²) in [7, 11) is 0. The molecule has 2 N–H and O–H groups in total. The van der Waals surface area contributed by atoms with E-state index in [1.807, 2.05) is 32.9 Å². The lowest BCUT2D eigenvalue weighted by Gasteiger charge is -2.16. The molecule has 1 heterocycles. The molecule has 1 amide bonds. The molecule has 3 rings (SSSR count). The zero-order valence-corrected chi connectivity index (χ0v) is 15.3. The highest BCUT2D eigenvalue weighted by Crippen LogP contribution is 2.37. The highest BCUT2D eigenvalue weighted by atomic mass is 16.2. The first-order chi connectivity index (χ1) is 12.4. The number of nitrogens with one attached hydrogen (secondary N) is 2. The van der Waals surface area contributed by atoms with Crippen molar-refractivity contribution in [1.82, 2.24) is 15.3 Å². The van der Waals surface area contributed by atoms with Crippen molar-refractivity contribution < 1.29 is 14.4 Å². The van der Waals surface area contributed by atoms with E-state index in [0.29, 0.717) is 13.0 Å². The molecule has 0 bridgehead atoms. The second kappa shape index (κ2) is 7.23. The third-order valence-electron chi connectivity index (χ3n) is 4.97. The summed E-state index contributed by atoms with van der Waals surface area (Å²) in [5.74, 6) is -1.13. The summed E-state index contributed by atoms with van der Waals surface area (Å²) in [5.41, 5.74) is 3.95. The van der Waals surface area contributed by atoms with E-state index in [1.165, 1.54) is 6.20 Å². The molecule has 1 aliphatic rings. The highest BCUT2D eigenvalue weighted by molar-refractivity contribution is 6.15. The fourth-order valence-corrected chi connectivity index (χ4v) is 3.88. The molecule has 2 aromatic rings. The molecule has 1 aromatic carbocycles. The monoisotopic (exact) mass is 353 g/mol. The predicted molar refractivity (Wildman–Crippen MR) is 97.1 cm³/mol. The van der Waals surface area contributed by atoms with Crippen LogP contribution in [-0.2, 0) is 9.59 Å². The predicted octanol–water partition coefficient (Wildman–Crippen LogP) is 2.40. The van der Waals surface area contributed by atoms with Crippen molar-refractivity contribution in [2.24, 2.45) is 5.92 Å². The van der Waals surface area contributed by atoms with Crippen LogP contribution in [0.2, 0.25) is 0 Å². The maximum Gasteiger partial charge on any atom is 0.287 e. The lowest BCUT2D eigenvalue weighted by atomic mass is 9.86. The van der Waals surface area contributed by atoms with E-state index in [2.05, 4.69) is 15.3 Å². The van der Waals surface area contributed by atoms with Crippen molar-refractivity contribution >= 4 is 17.5 Å². The Kier molecular flexibility index (Phi) is 5.02. The molecule has 1 fully saturated rings. The van der Waals surface area contributed by atoms with Crippen LogP contribution in [0.4, 0.5) is 0 Å². The normalized spacial score (nSPS) is 19.8. The number of nitrogens with zero attached hydrogens (tertiary/aromatic N) is 1. The highest BCUT2D eigenvalue weighted by Gasteiger charge is 2.42. The molecule has 0 aliphatic heterocycles. The van der Waals surface area contributed by atoms with Crippen LogP contribution in [0.5, 0.6) is 0 Å². The maximum atomic E-state index is 12.9. The number of carbonyl (C=O) groups excluding carboxylic acids is 3. The summed E-state index contributed by atoms with van der Waals surface area (Å²) in [5, 5.41) is 2.74. The van der Waals surface area contributed by atoms with Crippen LogP contribution in [-0.4, -0.2) is 34.0 Å². The van der Waals surface area contributed by atoms with Crippen molar-refractivity contribution in [3.8, 4) is 0 Å². The van der Waals surface area contributed by atoms with Gasteiger partial charge in [0, 0.05) is 31.3 Å². The van der Waals surface area contributed by atoms with Crippen LogP contribution in [0.25, 0.3) is 0 Å². The topological polar surface area (TPSA) is 91.9 Å². The zero-order chi connectivity index (χ0) is 18.8. The number of H-pyrrole nitrogens is 1. The van der Waals surface area contributed by atoms with Gasteiger partial charge in [-0.2, -0.15) is 0 Å². The fourth-order valence-electron chi connectivity index (χ4n) is 3.88. The minimum absolute atomic E-state index is 0.0209. The Morgan fingerprint density at radius 3 is 2.54 bits per heavy atom. The quantitative estimate of drug-likeness (QED) is 0.808. The number of benzene rings is 1. The van der Waals surface area contributed by atoms with Gasteiger partial charge in [-0.25, -0.2) is 4.98 Å². The summed E-state index contributed by atoms with van der Waals surface area (Å²) in [6.45, 7) is 6.24. The van der Waals surface area contributed by atoms with Crippen LogP contribution in [0, 0.1) is 26.7 Å². The van der Waals surface area contributed by atoms with E-state index in [0.717, 1.165) is 22.3 Å². The van der Waals surface area contributed by atoms with Gasteiger partial charge in [0.25, 0.3) is 5.91 Å². The standard InChI is InChI=1S/C20H23N3O3/c1-11-8-12(2)16(13(3)9-11)17-15(24)10-14(18(17)25)4-5-23-20(26)19-21-6-7-22-19/h6-9,14,17H,4-5,10H2,1-3H3,(H,21,22)(H,23,26). The van der Waals surface area contributed by atoms with Crippen LogP contribution < -0.4 is 5.32 Å². The number of carbonyl (C=O) groups is 3. The van der Waals surface area contributed by atoms with Crippen molar-refractivity contribution in [3.05, 3.63) is 52.6 Å². The minimum atomic E-state index is -0.665. The smallest absolute Gasteiger partial charge is 0.287 e. The molecule has 2 atom stereocenters. The van der Waals surface area contributed by atoms with Gasteiger partial charge in [0.05, 0.1) is 0 Å². The lowest BCUT2D eigenvalue weighted by Crippen LogP contribution is -2.28. The molecule has 136 valence electrons. The molecule has 6 nitrogen and oxygen atoms in total. The Morgan fingerprint density at radius 1 is 1.23 bits per heavy atom. The molecule has 2 unspecified atom stereocenters. The van der Waals surface area contributed by atoms with Crippen molar-refractivity contribution in [2.75, 3.05) is 6.54 Å². The van der Waals surface area contributed by atoms with Gasteiger partial charge in [0.2, 0.25) is 0 Å². The number of aryl methyl sites for hydroxylation is 3. The summed E-state index contributed by atoms with van der Waals surface area (Å²) in [6, 6.07) is 4.03. The molecule has 1 saturated carbocycles. The Balaban J connectivity index is 1.67. The summed E-state index contributed by atoms with van der Waals surface area (Å²) in [4.78, 5) is 43.9. The van der Waals surface area contributed by atoms with Gasteiger partial charge < -0.3 is 10.3 Å². The van der Waals surface area contributed by atoms with E-state index in [9.17, 15) is 14.4 Å². The van der Waals surface area contributed by atoms with Crippen LogP contribution in [0.1, 0.15) is 51.6 Å². The number of amides is 1. The van der Waals surface area contributed by atoms with Crippen LogP contribution in [0.15, 0.2) is 24.5 Å². The van der Waals surface area contributed by atoms with E-state index in [4.69, 9.17) is 0 Å². The van der Waals surface area contributed by atoms with E-state index >= 15 is 0 Å². The second-order valence-electron chi connectivity index (χ2n) is 7.00. The molecule has 1 aliphatic carbocycles. The van der Waals surface area contributed by atoms with Crippen LogP contribution >= 0.6 is 0 Å². The molecule has 0 saturated heterocycles. The molecule has 26 heavy (non-hydrogen) atoms. The van der Waals surface area contributed by atoms with Crippen molar-refractivity contribution in [2.45, 2.75) is 39.5 Å². The first kappa shape index (κ1) is 18.0. The van der Waals surface area contributed by atoms with E-state index in [-0.39, 0.29) is 35.6 Å². The average Bonchev–Trinajstić information content (AvgIpc) is 3.18. The minimum Gasteiger partial charge on any atom is -0.349 e. The van der Waals surface area contributed by atoms with Gasteiger partial charge in [-0.05, 0) is 43.9 Å². The van der Waals surface area contributed by atoms with E-state index in [1.54, 1.807) is 6.20 Å². The number of aromatic amines is 1. The average molecular weight is 353 g/mol. The molecule has 1 aromatic heterocycles. The van der Waals surface area contributed by atoms with E-state index < -0.39 is 5.92 Å². The first-order valence-electron chi connectivity index (χ1n) is 8.80. The van der Waals surface area contributed by atoms with Gasteiger partial charge in [-0.15, -0.1) is 0 Å².